The Balaban J connectivity index is 1.55. The highest BCUT2D eigenvalue weighted by molar-refractivity contribution is 6.15. The number of nitrogens with two attached hydrogens (primary N) is 1. The molecule has 11 heteroatoms. The first-order chi connectivity index (χ1) is 18.2. The van der Waals surface area contributed by atoms with Crippen LogP contribution in [0.5, 0.6) is 0 Å². The molecular formula is C27H33FN4O6. The molecule has 2 aromatic rings. The number of rotatable bonds is 13. The first-order valence-electron chi connectivity index (χ1n) is 12.7. The number of halogens is 1. The van der Waals surface area contributed by atoms with E-state index in [-0.39, 0.29) is 43.8 Å². The number of Topliss-reactive ketones (excluding diaryl/α,β-unsaturated/α-hetero) is 1. The highest BCUT2D eigenvalue weighted by Crippen LogP contribution is 2.28. The molecular weight excluding hydrogens is 495 g/mol. The van der Waals surface area contributed by atoms with Gasteiger partial charge in [0, 0.05) is 12.6 Å². The van der Waals surface area contributed by atoms with Gasteiger partial charge in [0.25, 0.3) is 5.91 Å². The number of nitrogens with one attached hydrogen (secondary N) is 2. The van der Waals surface area contributed by atoms with Gasteiger partial charge in [-0.25, -0.2) is 14.2 Å². The molecule has 1 atom stereocenters. The number of aryl methyl sites for hydroxylation is 2. The molecule has 0 fully saturated rings. The number of nitrogens with zero attached hydrogens (tertiary/aromatic N) is 1. The monoisotopic (exact) mass is 528 g/mol. The summed E-state index contributed by atoms with van der Waals surface area (Å²) in [7, 11) is 0. The number of H-pyrrole nitrogens is 1. The molecule has 1 aliphatic heterocycles. The molecule has 0 unspecified atom stereocenters. The van der Waals surface area contributed by atoms with E-state index in [1.807, 2.05) is 0 Å². The van der Waals surface area contributed by atoms with Crippen molar-refractivity contribution in [3.8, 4) is 0 Å². The van der Waals surface area contributed by atoms with E-state index in [4.69, 9.17) is 15.2 Å². The summed E-state index contributed by atoms with van der Waals surface area (Å²) in [5.74, 6) is -1.96. The fourth-order valence-electron chi connectivity index (χ4n) is 4.25. The van der Waals surface area contributed by atoms with Crippen LogP contribution in [0, 0.1) is 5.82 Å². The Morgan fingerprint density at radius 3 is 2.61 bits per heavy atom. The van der Waals surface area contributed by atoms with E-state index in [9.17, 15) is 23.6 Å². The molecule has 204 valence electrons. The number of aliphatic imine (C=N–C) groups is 1. The van der Waals surface area contributed by atoms with E-state index >= 15 is 0 Å². The van der Waals surface area contributed by atoms with Gasteiger partial charge >= 0.3 is 11.9 Å². The zero-order valence-electron chi connectivity index (χ0n) is 21.6. The van der Waals surface area contributed by atoms with E-state index in [0.717, 1.165) is 18.4 Å². The third kappa shape index (κ3) is 7.50. The first-order valence-corrected chi connectivity index (χ1v) is 12.7. The molecule has 1 aromatic carbocycles. The van der Waals surface area contributed by atoms with Gasteiger partial charge in [-0.15, -0.1) is 0 Å². The fraction of sp³-hybridized carbons (Fsp3) is 0.444. The molecule has 0 saturated carbocycles. The molecule has 3 rings (SSSR count). The highest BCUT2D eigenvalue weighted by Gasteiger charge is 2.26. The minimum absolute atomic E-state index is 0.0290. The van der Waals surface area contributed by atoms with Gasteiger partial charge < -0.3 is 25.5 Å². The third-order valence-corrected chi connectivity index (χ3v) is 6.08. The number of ketones is 1. The number of esters is 2. The summed E-state index contributed by atoms with van der Waals surface area (Å²) in [5, 5.41) is 2.47. The minimum atomic E-state index is -1.11. The van der Waals surface area contributed by atoms with Crippen molar-refractivity contribution in [2.75, 3.05) is 13.2 Å². The van der Waals surface area contributed by atoms with Crippen molar-refractivity contribution in [3.05, 3.63) is 52.5 Å². The van der Waals surface area contributed by atoms with Crippen molar-refractivity contribution in [3.63, 3.8) is 0 Å². The van der Waals surface area contributed by atoms with Crippen molar-refractivity contribution in [1.29, 1.82) is 0 Å². The number of hydrogen-bond acceptors (Lipinski definition) is 8. The zero-order valence-corrected chi connectivity index (χ0v) is 21.6. The Bertz CT molecular complexity index is 1220. The second kappa shape index (κ2) is 13.5. The Hall–Kier alpha value is -4.02. The predicted octanol–water partition coefficient (Wildman–Crippen LogP) is 3.30. The van der Waals surface area contributed by atoms with Crippen molar-refractivity contribution >= 4 is 35.3 Å². The summed E-state index contributed by atoms with van der Waals surface area (Å²) in [6.07, 6.45) is 4.51. The number of benzene rings is 1. The smallest absolute Gasteiger partial charge is 0.328 e. The number of amidine groups is 1. The summed E-state index contributed by atoms with van der Waals surface area (Å²) in [4.78, 5) is 56.1. The molecule has 0 radical (unpaired) electrons. The molecule has 0 aliphatic carbocycles. The van der Waals surface area contributed by atoms with Crippen LogP contribution in [-0.2, 0) is 31.9 Å². The number of amides is 1. The van der Waals surface area contributed by atoms with E-state index in [1.54, 1.807) is 26.1 Å². The standard InChI is InChI=1S/C27H33FN4O6/c1-3-37-23(34)12-11-20(27(36)38-4-2)31-26(35)18-10-9-16(13-19(18)28)7-5-6-8-17-15-30-25-24(17)21(33)14-22(29)32-25/h9-10,13,15,20,30H,3-8,11-12,14H2,1-2H3,(H2,29,32)(H,31,35)/t20-/m0/s1. The van der Waals surface area contributed by atoms with Gasteiger partial charge in [0.15, 0.2) is 5.78 Å². The number of carbonyl (C=O) groups excluding carboxylic acids is 4. The lowest BCUT2D eigenvalue weighted by Gasteiger charge is -2.17. The lowest BCUT2D eigenvalue weighted by molar-refractivity contribution is -0.146. The predicted molar refractivity (Wildman–Crippen MR) is 138 cm³/mol. The van der Waals surface area contributed by atoms with Crippen LogP contribution in [0.4, 0.5) is 10.2 Å². The molecule has 4 N–H and O–H groups in total. The molecule has 2 heterocycles. The van der Waals surface area contributed by atoms with Crippen LogP contribution in [0.3, 0.4) is 0 Å². The van der Waals surface area contributed by atoms with E-state index in [0.29, 0.717) is 35.6 Å². The molecule has 1 amide bonds. The van der Waals surface area contributed by atoms with Crippen LogP contribution in [0.1, 0.15) is 77.8 Å². The summed E-state index contributed by atoms with van der Waals surface area (Å²) >= 11 is 0. The quantitative estimate of drug-likeness (QED) is 0.266. The summed E-state index contributed by atoms with van der Waals surface area (Å²) < 4.78 is 24.6. The average molecular weight is 529 g/mol. The molecule has 10 nitrogen and oxygen atoms in total. The maximum absolute atomic E-state index is 14.8. The number of ether oxygens (including phenoxy) is 2. The van der Waals surface area contributed by atoms with E-state index in [2.05, 4.69) is 15.3 Å². The lowest BCUT2D eigenvalue weighted by Crippen LogP contribution is -2.42. The first kappa shape index (κ1) is 28.5. The van der Waals surface area contributed by atoms with Crippen molar-refractivity contribution < 1.29 is 33.0 Å². The number of hydrogen-bond donors (Lipinski definition) is 3. The molecule has 0 spiro atoms. The minimum Gasteiger partial charge on any atom is -0.466 e. The maximum Gasteiger partial charge on any atom is 0.328 e. The molecule has 0 saturated heterocycles. The SMILES string of the molecule is CCOC(=O)CC[C@H](NC(=O)c1ccc(CCCCc2c[nH]c3c2C(=O)CC(N)=N3)cc1F)C(=O)OCC. The Morgan fingerprint density at radius 1 is 1.16 bits per heavy atom. The molecule has 1 aromatic heterocycles. The topological polar surface area (TPSA) is 153 Å². The van der Waals surface area contributed by atoms with Gasteiger partial charge in [0.2, 0.25) is 0 Å². The van der Waals surface area contributed by atoms with Crippen LogP contribution in [0.2, 0.25) is 0 Å². The largest absolute Gasteiger partial charge is 0.466 e. The second-order valence-corrected chi connectivity index (χ2v) is 8.88. The van der Waals surface area contributed by atoms with Crippen molar-refractivity contribution in [2.24, 2.45) is 10.7 Å². The molecule has 0 bridgehead atoms. The maximum atomic E-state index is 14.8. The van der Waals surface area contributed by atoms with Crippen LogP contribution < -0.4 is 11.1 Å². The normalized spacial score (nSPS) is 13.3. The number of unbranched alkanes of at least 4 members (excludes halogenated alkanes) is 1. The van der Waals surface area contributed by atoms with Crippen molar-refractivity contribution in [2.45, 2.75) is 64.8 Å². The van der Waals surface area contributed by atoms with Crippen LogP contribution in [0.15, 0.2) is 29.4 Å². The lowest BCUT2D eigenvalue weighted by atomic mass is 9.98. The van der Waals surface area contributed by atoms with Gasteiger partial charge in [0.05, 0.1) is 30.8 Å². The van der Waals surface area contributed by atoms with E-state index in [1.165, 1.54) is 12.1 Å². The Kier molecular flexibility index (Phi) is 10.1. The van der Waals surface area contributed by atoms with Crippen LogP contribution in [0.25, 0.3) is 0 Å². The fourth-order valence-corrected chi connectivity index (χ4v) is 4.25. The van der Waals surface area contributed by atoms with Gasteiger partial charge in [-0.2, -0.15) is 0 Å². The van der Waals surface area contributed by atoms with Crippen LogP contribution >= 0.6 is 0 Å². The van der Waals surface area contributed by atoms with Crippen molar-refractivity contribution in [1.82, 2.24) is 10.3 Å². The van der Waals surface area contributed by atoms with Gasteiger partial charge in [0.1, 0.15) is 23.5 Å². The number of carbonyl (C=O) groups is 4. The molecule has 1 aliphatic rings. The van der Waals surface area contributed by atoms with Gasteiger partial charge in [-0.1, -0.05) is 6.07 Å². The Morgan fingerprint density at radius 2 is 1.89 bits per heavy atom. The summed E-state index contributed by atoms with van der Waals surface area (Å²) in [5.41, 5.74) is 7.65. The average Bonchev–Trinajstić information content (AvgIpc) is 3.27. The highest BCUT2D eigenvalue weighted by atomic mass is 19.1. The second-order valence-electron chi connectivity index (χ2n) is 8.88. The Labute approximate surface area is 220 Å². The number of fused-ring (bicyclic) bond motifs is 1. The van der Waals surface area contributed by atoms with Gasteiger partial charge in [-0.3, -0.25) is 14.4 Å². The van der Waals surface area contributed by atoms with Crippen LogP contribution in [-0.4, -0.2) is 53.7 Å². The summed E-state index contributed by atoms with van der Waals surface area (Å²) in [6, 6.07) is 3.22. The molecule has 38 heavy (non-hydrogen) atoms. The number of aromatic nitrogens is 1. The van der Waals surface area contributed by atoms with E-state index < -0.39 is 29.7 Å². The number of aromatic amines is 1. The summed E-state index contributed by atoms with van der Waals surface area (Å²) in [6.45, 7) is 3.58. The third-order valence-electron chi connectivity index (χ3n) is 6.08. The zero-order chi connectivity index (χ0) is 27.7. The van der Waals surface area contributed by atoms with Gasteiger partial charge in [-0.05, 0) is 69.2 Å².